The van der Waals surface area contributed by atoms with Gasteiger partial charge in [0.2, 0.25) is 11.9 Å². The van der Waals surface area contributed by atoms with Crippen LogP contribution in [0.15, 0.2) is 48.9 Å². The highest BCUT2D eigenvalue weighted by molar-refractivity contribution is 5.99. The SMILES string of the molecule is CC(=O)c1cnn2c(NCc3ccccc3-n3cccn3)nc(N3CCC(C)CC3)nc12. The largest absolute Gasteiger partial charge is 0.350 e. The predicted molar refractivity (Wildman–Crippen MR) is 122 cm³/mol. The molecule has 9 heteroatoms. The lowest BCUT2D eigenvalue weighted by Crippen LogP contribution is -2.34. The number of para-hydroxylation sites is 1. The standard InChI is InChI=1S/C23H26N8O/c1-16-8-12-29(13-9-16)23-27-21-19(17(2)32)15-26-31(21)22(28-23)24-14-18-6-3-4-7-20(18)30-11-5-10-25-30/h3-7,10-11,15-16H,8-9,12-14H2,1-2H3,(H,24,27,28). The molecule has 3 aromatic heterocycles. The van der Waals surface area contributed by atoms with Crippen molar-refractivity contribution in [1.82, 2.24) is 29.4 Å². The molecule has 4 aromatic rings. The van der Waals surface area contributed by atoms with Gasteiger partial charge in [-0.15, -0.1) is 0 Å². The molecule has 9 nitrogen and oxygen atoms in total. The maximum absolute atomic E-state index is 12.2. The van der Waals surface area contributed by atoms with Gasteiger partial charge in [-0.3, -0.25) is 4.79 Å². The van der Waals surface area contributed by atoms with Crippen molar-refractivity contribution in [2.45, 2.75) is 33.2 Å². The summed E-state index contributed by atoms with van der Waals surface area (Å²) in [5.74, 6) is 1.84. The normalized spacial score (nSPS) is 14.8. The lowest BCUT2D eigenvalue weighted by Gasteiger charge is -2.30. The summed E-state index contributed by atoms with van der Waals surface area (Å²) in [6, 6.07) is 9.98. The number of nitrogens with zero attached hydrogens (tertiary/aromatic N) is 7. The van der Waals surface area contributed by atoms with E-state index in [0.717, 1.165) is 37.2 Å². The van der Waals surface area contributed by atoms with Gasteiger partial charge in [0.05, 0.1) is 17.4 Å². The van der Waals surface area contributed by atoms with Gasteiger partial charge in [0.15, 0.2) is 11.4 Å². The zero-order chi connectivity index (χ0) is 22.1. The van der Waals surface area contributed by atoms with Gasteiger partial charge < -0.3 is 10.2 Å². The summed E-state index contributed by atoms with van der Waals surface area (Å²) in [5, 5.41) is 12.2. The van der Waals surface area contributed by atoms with Gasteiger partial charge in [0.1, 0.15) is 0 Å². The number of hydrogen-bond acceptors (Lipinski definition) is 7. The molecule has 1 N–H and O–H groups in total. The van der Waals surface area contributed by atoms with Crippen molar-refractivity contribution < 1.29 is 4.79 Å². The first-order valence-electron chi connectivity index (χ1n) is 10.9. The molecule has 1 aromatic carbocycles. The maximum Gasteiger partial charge on any atom is 0.230 e. The molecular weight excluding hydrogens is 404 g/mol. The van der Waals surface area contributed by atoms with Crippen LogP contribution >= 0.6 is 0 Å². The number of carbonyl (C=O) groups is 1. The summed E-state index contributed by atoms with van der Waals surface area (Å²) in [4.78, 5) is 23.9. The maximum atomic E-state index is 12.2. The predicted octanol–water partition coefficient (Wildman–Crippen LogP) is 3.36. The van der Waals surface area contributed by atoms with Crippen molar-refractivity contribution in [3.63, 3.8) is 0 Å². The minimum atomic E-state index is -0.0631. The van der Waals surface area contributed by atoms with E-state index in [9.17, 15) is 4.79 Å². The quantitative estimate of drug-likeness (QED) is 0.469. The Balaban J connectivity index is 1.50. The Kier molecular flexibility index (Phi) is 5.30. The first-order valence-corrected chi connectivity index (χ1v) is 10.9. The number of rotatable bonds is 6. The molecule has 0 saturated carbocycles. The summed E-state index contributed by atoms with van der Waals surface area (Å²) >= 11 is 0. The molecule has 1 aliphatic heterocycles. The zero-order valence-corrected chi connectivity index (χ0v) is 18.3. The van der Waals surface area contributed by atoms with Crippen molar-refractivity contribution >= 4 is 23.3 Å². The highest BCUT2D eigenvalue weighted by atomic mass is 16.1. The van der Waals surface area contributed by atoms with E-state index < -0.39 is 0 Å². The van der Waals surface area contributed by atoms with Gasteiger partial charge in [0, 0.05) is 32.0 Å². The molecule has 0 amide bonds. The number of ketones is 1. The van der Waals surface area contributed by atoms with Gasteiger partial charge >= 0.3 is 0 Å². The number of anilines is 2. The highest BCUT2D eigenvalue weighted by Crippen LogP contribution is 2.24. The summed E-state index contributed by atoms with van der Waals surface area (Å²) in [6.07, 6.45) is 7.46. The topological polar surface area (TPSA) is 93.2 Å². The van der Waals surface area contributed by atoms with Crippen LogP contribution in [0.3, 0.4) is 0 Å². The summed E-state index contributed by atoms with van der Waals surface area (Å²) in [6.45, 7) is 6.14. The van der Waals surface area contributed by atoms with Gasteiger partial charge in [-0.1, -0.05) is 25.1 Å². The smallest absolute Gasteiger partial charge is 0.230 e. The number of hydrogen-bond donors (Lipinski definition) is 1. The number of benzene rings is 1. The van der Waals surface area contributed by atoms with Crippen molar-refractivity contribution in [3.05, 3.63) is 60.0 Å². The molecule has 1 fully saturated rings. The summed E-state index contributed by atoms with van der Waals surface area (Å²) in [5.41, 5.74) is 3.09. The molecule has 164 valence electrons. The number of piperidine rings is 1. The van der Waals surface area contributed by atoms with Crippen molar-refractivity contribution in [3.8, 4) is 5.69 Å². The Bertz CT molecular complexity index is 1240. The van der Waals surface area contributed by atoms with Crippen LogP contribution in [-0.2, 0) is 6.54 Å². The third-order valence-electron chi connectivity index (χ3n) is 5.98. The highest BCUT2D eigenvalue weighted by Gasteiger charge is 2.22. The average Bonchev–Trinajstić information content (AvgIpc) is 3.48. The lowest BCUT2D eigenvalue weighted by atomic mass is 10.00. The molecule has 32 heavy (non-hydrogen) atoms. The fraction of sp³-hybridized carbons (Fsp3) is 0.348. The van der Waals surface area contributed by atoms with Crippen LogP contribution in [0.2, 0.25) is 0 Å². The molecule has 5 rings (SSSR count). The van der Waals surface area contributed by atoms with Crippen LogP contribution in [0.5, 0.6) is 0 Å². The molecule has 0 spiro atoms. The Morgan fingerprint density at radius 1 is 1.12 bits per heavy atom. The first-order chi connectivity index (χ1) is 15.6. The van der Waals surface area contributed by atoms with E-state index in [4.69, 9.17) is 9.97 Å². The van der Waals surface area contributed by atoms with Gasteiger partial charge in [0.25, 0.3) is 0 Å². The van der Waals surface area contributed by atoms with Crippen molar-refractivity contribution in [2.24, 2.45) is 5.92 Å². The number of Topliss-reactive ketones (excluding diaryl/α,β-unsaturated/α-hetero) is 1. The van der Waals surface area contributed by atoms with E-state index in [0.29, 0.717) is 35.6 Å². The van der Waals surface area contributed by atoms with Crippen molar-refractivity contribution in [1.29, 1.82) is 0 Å². The molecule has 0 unspecified atom stereocenters. The van der Waals surface area contributed by atoms with Crippen LogP contribution in [0, 0.1) is 5.92 Å². The minimum absolute atomic E-state index is 0.0631. The average molecular weight is 431 g/mol. The number of carbonyl (C=O) groups excluding carboxylic acids is 1. The fourth-order valence-electron chi connectivity index (χ4n) is 4.05. The molecule has 1 saturated heterocycles. The molecule has 0 atom stereocenters. The van der Waals surface area contributed by atoms with E-state index >= 15 is 0 Å². The second-order valence-corrected chi connectivity index (χ2v) is 8.30. The minimum Gasteiger partial charge on any atom is -0.350 e. The Morgan fingerprint density at radius 3 is 2.69 bits per heavy atom. The number of aromatic nitrogens is 6. The molecule has 1 aliphatic rings. The van der Waals surface area contributed by atoms with Gasteiger partial charge in [-0.2, -0.15) is 24.7 Å². The Hall–Kier alpha value is -3.75. The van der Waals surface area contributed by atoms with Gasteiger partial charge in [-0.05, 0) is 43.4 Å². The van der Waals surface area contributed by atoms with Crippen LogP contribution in [0.25, 0.3) is 11.3 Å². The van der Waals surface area contributed by atoms with E-state index in [1.54, 1.807) is 16.9 Å². The first kappa shape index (κ1) is 20.2. The molecule has 4 heterocycles. The van der Waals surface area contributed by atoms with Crippen LogP contribution < -0.4 is 10.2 Å². The third-order valence-corrected chi connectivity index (χ3v) is 5.98. The number of nitrogens with one attached hydrogen (secondary N) is 1. The van der Waals surface area contributed by atoms with Crippen molar-refractivity contribution in [2.75, 3.05) is 23.3 Å². The summed E-state index contributed by atoms with van der Waals surface area (Å²) in [7, 11) is 0. The van der Waals surface area contributed by atoms with Crippen LogP contribution in [0.1, 0.15) is 42.6 Å². The Morgan fingerprint density at radius 2 is 1.94 bits per heavy atom. The zero-order valence-electron chi connectivity index (χ0n) is 18.3. The lowest BCUT2D eigenvalue weighted by molar-refractivity contribution is 0.101. The fourth-order valence-corrected chi connectivity index (χ4v) is 4.05. The number of fused-ring (bicyclic) bond motifs is 1. The molecule has 0 aliphatic carbocycles. The van der Waals surface area contributed by atoms with Crippen LogP contribution in [0.4, 0.5) is 11.9 Å². The van der Waals surface area contributed by atoms with E-state index in [1.807, 2.05) is 35.1 Å². The monoisotopic (exact) mass is 430 g/mol. The van der Waals surface area contributed by atoms with E-state index in [1.165, 1.54) is 6.92 Å². The molecular formula is C23H26N8O. The molecule has 0 bridgehead atoms. The van der Waals surface area contributed by atoms with Gasteiger partial charge in [-0.25, -0.2) is 4.68 Å². The second-order valence-electron chi connectivity index (χ2n) is 8.30. The Labute approximate surface area is 186 Å². The summed E-state index contributed by atoms with van der Waals surface area (Å²) < 4.78 is 3.46. The van der Waals surface area contributed by atoms with E-state index in [-0.39, 0.29) is 5.78 Å². The van der Waals surface area contributed by atoms with Crippen LogP contribution in [-0.4, -0.2) is 48.2 Å². The van der Waals surface area contributed by atoms with E-state index in [2.05, 4.69) is 33.4 Å². The second kappa shape index (κ2) is 8.41. The molecule has 0 radical (unpaired) electrons. The third kappa shape index (κ3) is 3.81.